The molecule has 0 saturated heterocycles. The number of aromatic nitrogens is 2. The quantitative estimate of drug-likeness (QED) is 0.189. The number of halogens is 3. The van der Waals surface area contributed by atoms with Crippen molar-refractivity contribution in [1.29, 1.82) is 0 Å². The molecular formula is C46H65F3N4O7. The van der Waals surface area contributed by atoms with Gasteiger partial charge in [0, 0.05) is 17.9 Å². The van der Waals surface area contributed by atoms with Gasteiger partial charge in [0.2, 0.25) is 5.91 Å². The van der Waals surface area contributed by atoms with Crippen molar-refractivity contribution in [1.82, 2.24) is 20.8 Å². The number of hydrogen-bond donors (Lipinski definition) is 4. The lowest BCUT2D eigenvalue weighted by Crippen LogP contribution is -2.68. The van der Waals surface area contributed by atoms with E-state index in [9.17, 15) is 42.3 Å². The number of carbonyl (C=O) groups is 5. The van der Waals surface area contributed by atoms with E-state index in [0.717, 1.165) is 56.1 Å². The van der Waals surface area contributed by atoms with Crippen molar-refractivity contribution in [3.8, 4) is 0 Å². The normalized spacial score (nSPS) is 38.1. The third kappa shape index (κ3) is 6.39. The van der Waals surface area contributed by atoms with E-state index in [4.69, 9.17) is 4.74 Å². The zero-order chi connectivity index (χ0) is 44.6. The fourth-order valence-electron chi connectivity index (χ4n) is 14.3. The Bertz CT molecular complexity index is 2040. The van der Waals surface area contributed by atoms with E-state index in [1.807, 2.05) is 27.7 Å². The van der Waals surface area contributed by atoms with Crippen LogP contribution in [-0.2, 0) is 30.1 Å². The molecule has 0 spiro atoms. The first-order chi connectivity index (χ1) is 27.5. The van der Waals surface area contributed by atoms with Crippen molar-refractivity contribution in [2.24, 2.45) is 62.6 Å². The third-order valence-electron chi connectivity index (χ3n) is 17.9. The average molecular weight is 843 g/mol. The molecule has 332 valence electrons. The molecule has 14 heteroatoms. The Morgan fingerprint density at radius 3 is 2.13 bits per heavy atom. The Hall–Kier alpha value is -3.71. The minimum absolute atomic E-state index is 0.0184. The van der Waals surface area contributed by atoms with E-state index in [1.165, 1.54) is 13.8 Å². The van der Waals surface area contributed by atoms with Crippen LogP contribution in [0.3, 0.4) is 0 Å². The third-order valence-corrected chi connectivity index (χ3v) is 17.9. The summed E-state index contributed by atoms with van der Waals surface area (Å²) in [7, 11) is 0. The average Bonchev–Trinajstić information content (AvgIpc) is 3.73. The fraction of sp³-hybridized carbons (Fsp3) is 0.783. The van der Waals surface area contributed by atoms with Gasteiger partial charge in [-0.2, -0.15) is 18.3 Å². The second kappa shape index (κ2) is 13.9. The molecule has 10 atom stereocenters. The first-order valence-electron chi connectivity index (χ1n) is 22.0. The summed E-state index contributed by atoms with van der Waals surface area (Å²) in [4.78, 5) is 66.9. The maximum absolute atomic E-state index is 14.3. The fourth-order valence-corrected chi connectivity index (χ4v) is 14.3. The number of Topliss-reactive ketones (excluding diaryl/α,β-unsaturated/α-hetero) is 1. The molecule has 6 aliphatic carbocycles. The van der Waals surface area contributed by atoms with Crippen molar-refractivity contribution in [3.63, 3.8) is 0 Å². The van der Waals surface area contributed by atoms with Crippen LogP contribution in [0.5, 0.6) is 0 Å². The maximum atomic E-state index is 14.3. The number of carbonyl (C=O) groups excluding carboxylic acids is 4. The van der Waals surface area contributed by atoms with Crippen molar-refractivity contribution in [3.05, 3.63) is 28.6 Å². The number of aliphatic carboxylic acids is 1. The van der Waals surface area contributed by atoms with Gasteiger partial charge in [-0.25, -0.2) is 0 Å². The van der Waals surface area contributed by atoms with Gasteiger partial charge in [0.05, 0.1) is 17.4 Å². The van der Waals surface area contributed by atoms with E-state index in [1.54, 1.807) is 0 Å². The molecule has 7 rings (SSSR count). The Balaban J connectivity index is 1.13. The van der Waals surface area contributed by atoms with Gasteiger partial charge in [0.25, 0.3) is 5.91 Å². The number of alkyl halides is 3. The summed E-state index contributed by atoms with van der Waals surface area (Å²) >= 11 is 0. The van der Waals surface area contributed by atoms with Crippen LogP contribution in [0, 0.1) is 62.6 Å². The van der Waals surface area contributed by atoms with Crippen LogP contribution >= 0.6 is 0 Å². The summed E-state index contributed by atoms with van der Waals surface area (Å²) in [5.74, 6) is -2.98. The number of ketones is 1. The first kappa shape index (κ1) is 44.3. The molecule has 5 fully saturated rings. The monoisotopic (exact) mass is 842 g/mol. The second-order valence-corrected chi connectivity index (χ2v) is 22.3. The smallest absolute Gasteiger partial charge is 0.435 e. The van der Waals surface area contributed by atoms with Crippen molar-refractivity contribution < 1.29 is 47.0 Å². The van der Waals surface area contributed by atoms with Crippen LogP contribution in [-0.4, -0.2) is 62.0 Å². The lowest BCUT2D eigenvalue weighted by atomic mass is 9.33. The number of esters is 1. The Morgan fingerprint density at radius 1 is 0.883 bits per heavy atom. The zero-order valence-corrected chi connectivity index (χ0v) is 37.2. The Labute approximate surface area is 351 Å². The van der Waals surface area contributed by atoms with E-state index in [2.05, 4.69) is 55.4 Å². The molecule has 1 heterocycles. The molecule has 5 saturated carbocycles. The number of hydrogen-bond acceptors (Lipinski definition) is 7. The second-order valence-electron chi connectivity index (χ2n) is 22.3. The van der Waals surface area contributed by atoms with E-state index in [0.29, 0.717) is 24.8 Å². The number of nitrogens with one attached hydrogen (secondary N) is 3. The first-order valence-corrected chi connectivity index (χ1v) is 22.0. The highest BCUT2D eigenvalue weighted by Gasteiger charge is 2.71. The number of carboxylic acids is 1. The van der Waals surface area contributed by atoms with Crippen LogP contribution in [0.2, 0.25) is 0 Å². The van der Waals surface area contributed by atoms with E-state index < -0.39 is 63.7 Å². The number of aromatic amines is 1. The number of rotatable bonds is 8. The van der Waals surface area contributed by atoms with Gasteiger partial charge in [-0.1, -0.05) is 62.3 Å². The van der Waals surface area contributed by atoms with Gasteiger partial charge in [0.1, 0.15) is 17.3 Å². The summed E-state index contributed by atoms with van der Waals surface area (Å²) in [6.45, 7) is 22.5. The molecule has 0 aliphatic heterocycles. The van der Waals surface area contributed by atoms with Gasteiger partial charge in [-0.15, -0.1) is 0 Å². The van der Waals surface area contributed by atoms with Crippen LogP contribution in [0.15, 0.2) is 17.2 Å². The van der Waals surface area contributed by atoms with E-state index in [-0.39, 0.29) is 63.7 Å². The molecule has 11 nitrogen and oxygen atoms in total. The highest BCUT2D eigenvalue weighted by molar-refractivity contribution is 6.03. The van der Waals surface area contributed by atoms with Gasteiger partial charge >= 0.3 is 18.1 Å². The van der Waals surface area contributed by atoms with Crippen molar-refractivity contribution in [2.75, 3.05) is 0 Å². The largest absolute Gasteiger partial charge is 0.481 e. The number of H-pyrrole nitrogens is 1. The SMILES string of the molecule is CC(C)C1=C2[C@H]3CC[C@@H]4[C@@]5(C)CC[C@H](OC(=O)[C@H]6C[C@@H](C(=O)O)C6(C)C)C(C)(C)[C@@H]5CC[C@@]4(C)[C@]3(C)CC[C@@]2(NC(=O)C(C)(C)NC(=O)c2cc(C(F)(F)F)n[nH]2)CC1=O. The van der Waals surface area contributed by atoms with Crippen LogP contribution in [0.4, 0.5) is 13.2 Å². The van der Waals surface area contributed by atoms with Crippen LogP contribution in [0.25, 0.3) is 0 Å². The molecule has 4 N–H and O–H groups in total. The molecule has 6 aliphatic rings. The highest BCUT2D eigenvalue weighted by atomic mass is 19.4. The van der Waals surface area contributed by atoms with Crippen molar-refractivity contribution >= 4 is 29.5 Å². The molecule has 60 heavy (non-hydrogen) atoms. The number of allylic oxidation sites excluding steroid dienone is 1. The highest BCUT2D eigenvalue weighted by Crippen LogP contribution is 2.76. The van der Waals surface area contributed by atoms with Crippen LogP contribution in [0.1, 0.15) is 157 Å². The minimum Gasteiger partial charge on any atom is -0.481 e. The minimum atomic E-state index is -4.74. The molecule has 0 aromatic carbocycles. The Morgan fingerprint density at radius 2 is 1.55 bits per heavy atom. The topological polar surface area (TPSA) is 168 Å². The molecule has 2 amide bonds. The lowest BCUT2D eigenvalue weighted by Gasteiger charge is -2.72. The van der Waals surface area contributed by atoms with Gasteiger partial charge in [0.15, 0.2) is 11.5 Å². The predicted octanol–water partition coefficient (Wildman–Crippen LogP) is 8.44. The van der Waals surface area contributed by atoms with Gasteiger partial charge in [-0.3, -0.25) is 29.1 Å². The maximum Gasteiger partial charge on any atom is 0.435 e. The van der Waals surface area contributed by atoms with Gasteiger partial charge < -0.3 is 20.5 Å². The predicted molar refractivity (Wildman–Crippen MR) is 216 cm³/mol. The summed E-state index contributed by atoms with van der Waals surface area (Å²) < 4.78 is 46.0. The number of fused-ring (bicyclic) bond motifs is 7. The Kier molecular flexibility index (Phi) is 10.3. The van der Waals surface area contributed by atoms with Crippen molar-refractivity contribution in [2.45, 2.75) is 164 Å². The number of ether oxygens (including phenoxy) is 1. The number of nitrogens with zero attached hydrogens (tertiary/aromatic N) is 1. The molecular weight excluding hydrogens is 778 g/mol. The van der Waals surface area contributed by atoms with E-state index >= 15 is 0 Å². The molecule has 0 bridgehead atoms. The zero-order valence-electron chi connectivity index (χ0n) is 37.2. The summed E-state index contributed by atoms with van der Waals surface area (Å²) in [5, 5.41) is 20.9. The lowest BCUT2D eigenvalue weighted by molar-refractivity contribution is -0.235. The number of amides is 2. The van der Waals surface area contributed by atoms with Crippen LogP contribution < -0.4 is 10.6 Å². The van der Waals surface area contributed by atoms with Gasteiger partial charge in [-0.05, 0) is 128 Å². The molecule has 0 unspecified atom stereocenters. The summed E-state index contributed by atoms with van der Waals surface area (Å²) in [6, 6.07) is 0.609. The molecule has 1 aromatic rings. The summed E-state index contributed by atoms with van der Waals surface area (Å²) in [5.41, 5.74) is -3.69. The molecule has 0 radical (unpaired) electrons. The summed E-state index contributed by atoms with van der Waals surface area (Å²) in [6.07, 6.45) is 2.05. The standard InChI is InChI=1S/C46H65F3N4O7/c1-23(2)33-28(54)22-45(51-38(59)41(7,8)50-35(55)27-21-31(53-52-27)46(47,48)49)19-18-43(10)24(34(33)45)12-13-30-42(9)16-15-32(40(5,6)29(42)14-17-44(30,43)11)60-37(58)26-20-25(36(56)57)39(26,3)4/h21,23-26,29-30,32H,12-20,22H2,1-11H3,(H,50,55)(H,51,59)(H,52,53)(H,56,57)/t24-,25+,26-,29+,30-,32+,42+,43-,44-,45-/m1/s1. The number of carboxylic acid groups (broad SMARTS) is 1. The molecule has 1 aromatic heterocycles.